The number of anilines is 2. The Labute approximate surface area is 223 Å². The van der Waals surface area contributed by atoms with Crippen molar-refractivity contribution in [1.29, 1.82) is 0 Å². The van der Waals surface area contributed by atoms with Gasteiger partial charge in [-0.1, -0.05) is 61.5 Å². The zero-order valence-electron chi connectivity index (χ0n) is 21.7. The van der Waals surface area contributed by atoms with Gasteiger partial charge in [-0.15, -0.1) is 0 Å². The number of aliphatic imine (C=N–C) groups is 2. The number of carbonyl (C=O) groups excluding carboxylic acids is 1. The highest BCUT2D eigenvalue weighted by Gasteiger charge is 2.30. The number of hydrogen-bond donors (Lipinski definition) is 2. The van der Waals surface area contributed by atoms with Gasteiger partial charge in [0.1, 0.15) is 0 Å². The molecular weight excluding hydrogens is 470 g/mol. The average molecular weight is 502 g/mol. The van der Waals surface area contributed by atoms with Gasteiger partial charge in [0.05, 0.1) is 11.8 Å². The second-order valence-electron chi connectivity index (χ2n) is 10.2. The van der Waals surface area contributed by atoms with Crippen LogP contribution in [0.1, 0.15) is 34.0 Å². The maximum atomic E-state index is 12.9. The van der Waals surface area contributed by atoms with E-state index >= 15 is 0 Å². The Balaban J connectivity index is 1.18. The summed E-state index contributed by atoms with van der Waals surface area (Å²) in [5, 5.41) is 6.41. The van der Waals surface area contributed by atoms with Crippen LogP contribution in [0.3, 0.4) is 0 Å². The van der Waals surface area contributed by atoms with Crippen molar-refractivity contribution in [1.82, 2.24) is 4.90 Å². The lowest BCUT2D eigenvalue weighted by atomic mass is 9.85. The summed E-state index contributed by atoms with van der Waals surface area (Å²) in [6.45, 7) is 4.15. The third-order valence-electron chi connectivity index (χ3n) is 7.38. The van der Waals surface area contributed by atoms with Gasteiger partial charge in [-0.05, 0) is 61.0 Å². The van der Waals surface area contributed by atoms with Crippen molar-refractivity contribution in [2.45, 2.75) is 25.9 Å². The molecule has 0 fully saturated rings. The topological polar surface area (TPSA) is 69.1 Å². The van der Waals surface area contributed by atoms with Crippen LogP contribution in [0.2, 0.25) is 0 Å². The fourth-order valence-electron chi connectivity index (χ4n) is 5.26. The summed E-state index contributed by atoms with van der Waals surface area (Å²) in [7, 11) is 2.12. The van der Waals surface area contributed by atoms with Crippen LogP contribution in [-0.4, -0.2) is 42.1 Å². The largest absolute Gasteiger partial charge is 0.324 e. The Morgan fingerprint density at radius 2 is 1.76 bits per heavy atom. The van der Waals surface area contributed by atoms with Crippen molar-refractivity contribution >= 4 is 29.0 Å². The molecule has 3 aromatic carbocycles. The van der Waals surface area contributed by atoms with Gasteiger partial charge >= 0.3 is 0 Å². The predicted octanol–water partition coefficient (Wildman–Crippen LogP) is 5.70. The van der Waals surface area contributed by atoms with E-state index in [0.717, 1.165) is 47.7 Å². The normalized spacial score (nSPS) is 20.4. The molecule has 6 heteroatoms. The van der Waals surface area contributed by atoms with E-state index in [1.807, 2.05) is 48.5 Å². The van der Waals surface area contributed by atoms with Gasteiger partial charge in [0.15, 0.2) is 0 Å². The molecule has 6 nitrogen and oxygen atoms in total. The molecule has 6 rings (SSSR count). The molecule has 2 aliphatic heterocycles. The van der Waals surface area contributed by atoms with Gasteiger partial charge in [-0.25, -0.2) is 9.98 Å². The van der Waals surface area contributed by atoms with Crippen LogP contribution in [-0.2, 0) is 13.0 Å². The first-order valence-corrected chi connectivity index (χ1v) is 13.1. The molecule has 2 atom stereocenters. The van der Waals surface area contributed by atoms with Gasteiger partial charge in [0.2, 0.25) is 5.96 Å². The van der Waals surface area contributed by atoms with E-state index in [2.05, 4.69) is 72.0 Å². The summed E-state index contributed by atoms with van der Waals surface area (Å²) in [6, 6.07) is 23.9. The fourth-order valence-corrected chi connectivity index (χ4v) is 5.26. The van der Waals surface area contributed by atoms with Crippen molar-refractivity contribution in [3.05, 3.63) is 119 Å². The highest BCUT2D eigenvalue weighted by atomic mass is 16.1. The number of rotatable bonds is 4. The van der Waals surface area contributed by atoms with Crippen molar-refractivity contribution < 1.29 is 4.79 Å². The third-order valence-corrected chi connectivity index (χ3v) is 7.38. The first-order valence-electron chi connectivity index (χ1n) is 13.1. The number of nitrogens with zero attached hydrogens (tertiary/aromatic N) is 3. The molecule has 3 aromatic rings. The second-order valence-corrected chi connectivity index (χ2v) is 10.2. The molecule has 0 saturated carbocycles. The molecule has 38 heavy (non-hydrogen) atoms. The van der Waals surface area contributed by atoms with E-state index in [4.69, 9.17) is 9.98 Å². The summed E-state index contributed by atoms with van der Waals surface area (Å²) >= 11 is 0. The fraction of sp³-hybridized carbons (Fsp3) is 0.219. The number of amides is 1. The second kappa shape index (κ2) is 10.2. The quantitative estimate of drug-likeness (QED) is 0.482. The maximum Gasteiger partial charge on any atom is 0.255 e. The zero-order valence-corrected chi connectivity index (χ0v) is 21.7. The van der Waals surface area contributed by atoms with Crippen LogP contribution < -0.4 is 10.6 Å². The first kappa shape index (κ1) is 24.1. The van der Waals surface area contributed by atoms with E-state index < -0.39 is 0 Å². The van der Waals surface area contributed by atoms with Crippen LogP contribution in [0.25, 0.3) is 0 Å². The lowest BCUT2D eigenvalue weighted by Crippen LogP contribution is -2.32. The number of hydrogen-bond acceptors (Lipinski definition) is 5. The third kappa shape index (κ3) is 4.95. The number of guanidine groups is 1. The van der Waals surface area contributed by atoms with Gasteiger partial charge in [0, 0.05) is 47.1 Å². The minimum absolute atomic E-state index is 0.0108. The molecule has 2 unspecified atom stereocenters. The zero-order chi connectivity index (χ0) is 26.1. The van der Waals surface area contributed by atoms with Crippen molar-refractivity contribution in [3.63, 3.8) is 0 Å². The molecule has 0 spiro atoms. The smallest absolute Gasteiger partial charge is 0.255 e. The van der Waals surface area contributed by atoms with Gasteiger partial charge in [-0.3, -0.25) is 4.79 Å². The summed E-state index contributed by atoms with van der Waals surface area (Å²) in [5.41, 5.74) is 8.04. The van der Waals surface area contributed by atoms with Crippen molar-refractivity contribution in [2.24, 2.45) is 15.9 Å². The van der Waals surface area contributed by atoms with E-state index in [0.29, 0.717) is 11.5 Å². The molecule has 0 saturated heterocycles. The number of benzene rings is 3. The lowest BCUT2D eigenvalue weighted by molar-refractivity contribution is 0.102. The van der Waals surface area contributed by atoms with E-state index in [9.17, 15) is 4.79 Å². The predicted molar refractivity (Wildman–Crippen MR) is 155 cm³/mol. The summed E-state index contributed by atoms with van der Waals surface area (Å²) < 4.78 is 0. The average Bonchev–Trinajstić information content (AvgIpc) is 2.94. The number of carbonyl (C=O) groups is 1. The van der Waals surface area contributed by atoms with Crippen LogP contribution in [0.15, 0.2) is 107 Å². The van der Waals surface area contributed by atoms with Gasteiger partial charge in [0.25, 0.3) is 5.91 Å². The van der Waals surface area contributed by atoms with Crippen LogP contribution in [0.5, 0.6) is 0 Å². The first-order chi connectivity index (χ1) is 18.5. The Kier molecular flexibility index (Phi) is 6.48. The van der Waals surface area contributed by atoms with Crippen molar-refractivity contribution in [2.75, 3.05) is 24.2 Å². The molecule has 1 aliphatic carbocycles. The highest BCUT2D eigenvalue weighted by Crippen LogP contribution is 2.29. The van der Waals surface area contributed by atoms with Gasteiger partial charge < -0.3 is 15.5 Å². The standard InChI is InChI=1S/C32H31N5O/c1-21-7-6-10-28-29(21)35-32(36-30(28)23-8-4-3-5-9-23)34-26-14-12-24(13-15-26)31(38)33-27-16-11-22-17-18-37(2)20-25(22)19-27/h3-16,19,21,29H,17-18,20H2,1-2H3,(H,33,38)(H,34,35). The molecule has 2 heterocycles. The Morgan fingerprint density at radius 3 is 2.58 bits per heavy atom. The monoisotopic (exact) mass is 501 g/mol. The summed E-state index contributed by atoms with van der Waals surface area (Å²) in [6.07, 6.45) is 7.43. The molecule has 0 bridgehead atoms. The van der Waals surface area contributed by atoms with Gasteiger partial charge in [-0.2, -0.15) is 0 Å². The molecule has 1 amide bonds. The minimum atomic E-state index is -0.127. The van der Waals surface area contributed by atoms with E-state index in [-0.39, 0.29) is 17.9 Å². The maximum absolute atomic E-state index is 12.9. The van der Waals surface area contributed by atoms with Crippen LogP contribution >= 0.6 is 0 Å². The number of likely N-dealkylation sites (N-methyl/N-ethyl adjacent to an activating group) is 1. The number of fused-ring (bicyclic) bond motifs is 2. The number of nitrogens with one attached hydrogen (secondary N) is 2. The lowest BCUT2D eigenvalue weighted by Gasteiger charge is -2.29. The van der Waals surface area contributed by atoms with E-state index in [1.54, 1.807) is 0 Å². The number of allylic oxidation sites excluding steroid dienone is 2. The minimum Gasteiger partial charge on any atom is -0.324 e. The summed E-state index contributed by atoms with van der Waals surface area (Å²) in [4.78, 5) is 25.1. The molecule has 0 radical (unpaired) electrons. The van der Waals surface area contributed by atoms with Crippen molar-refractivity contribution in [3.8, 4) is 0 Å². The molecule has 2 N–H and O–H groups in total. The molecule has 190 valence electrons. The molecule has 3 aliphatic rings. The molecule has 0 aromatic heterocycles. The van der Waals surface area contributed by atoms with Crippen LogP contribution in [0.4, 0.5) is 11.4 Å². The highest BCUT2D eigenvalue weighted by molar-refractivity contribution is 6.21. The SMILES string of the molecule is CC1C=CC=C2C(c3ccccc3)=NC(Nc3ccc(C(=O)Nc4ccc5c(c4)CN(C)CC5)cc3)=NC21. The Bertz CT molecular complexity index is 1480. The summed E-state index contributed by atoms with van der Waals surface area (Å²) in [5.74, 6) is 0.720. The molecular formula is C32H31N5O. The Morgan fingerprint density at radius 1 is 0.974 bits per heavy atom. The van der Waals surface area contributed by atoms with Crippen LogP contribution in [0, 0.1) is 5.92 Å². The Hall–Kier alpha value is -4.29. The van der Waals surface area contributed by atoms with E-state index in [1.165, 1.54) is 11.1 Å².